The van der Waals surface area contributed by atoms with Gasteiger partial charge in [0.05, 0.1) is 31.0 Å². The van der Waals surface area contributed by atoms with E-state index in [1.165, 1.54) is 243 Å². The fourth-order valence-corrected chi connectivity index (χ4v) is 9.13. The Morgan fingerprint density at radius 2 is 0.464 bits per heavy atom. The third-order valence-corrected chi connectivity index (χ3v) is 14.5. The fraction of sp³-hybridized carbons (Fsp3) is 0.514. The first-order chi connectivity index (χ1) is 46.6. The molecule has 0 fully saturated rings. The van der Waals surface area contributed by atoms with Gasteiger partial charge in [-0.1, -0.05) is 194 Å². The van der Waals surface area contributed by atoms with E-state index in [0.29, 0.717) is 60.7 Å². The van der Waals surface area contributed by atoms with Crippen molar-refractivity contribution in [1.29, 1.82) is 0 Å². The number of nitrogens with zero attached hydrogens (tertiary/aromatic N) is 5. The van der Waals surface area contributed by atoms with Crippen LogP contribution in [0.5, 0.6) is 23.0 Å². The first-order valence-corrected chi connectivity index (χ1v) is 33.9. The SMILES string of the molecule is CCCC(=O)Oc1ccc([N+](=O)[O-])cc1.CCCCCCCCCC(=O)Oc1ccc([N+](=O)[O-])cc1.CCCCCCCCCCCC(=O)Oc1ccc([N+](=O)[O-])cc1.CCCCCCCCCCCCCC(=O)Oc1ccc([N+](=O)[O-])cc1.O=C(O)Cc1ccc([N+](=O)[O-])cc1. The zero-order valence-corrected chi connectivity index (χ0v) is 56.8. The number of carboxylic acids is 1. The molecule has 0 atom stereocenters. The standard InChI is InChI=1S/C20H31NO4.C18H27NO4.C16H23NO4.C10H11NO4.C8H7NO4/c1-2-3-4-5-6-7-8-9-10-11-12-13-20(22)25-19-16-14-18(15-17-19)21(23)24;1-2-3-4-5-6-7-8-9-10-11-18(20)23-17-14-12-16(13-15-17)19(21)22;1-2-3-4-5-6-7-8-9-16(18)21-15-12-10-14(11-13-15)17(19)20;1-2-3-10(12)15-9-6-4-8(5-7-9)11(13)14;10-8(11)5-6-1-3-7(4-2-6)9(12)13/h14-17H,2-13H2,1H3;12-15H,2-11H2,1H3;10-13H,2-9H2,1H3;4-7H,2-3H2,1H3;1-4H,5H2,(H,10,11). The van der Waals surface area contributed by atoms with Crippen molar-refractivity contribution in [3.05, 3.63) is 177 Å². The van der Waals surface area contributed by atoms with Gasteiger partial charge in [-0.25, -0.2) is 0 Å². The highest BCUT2D eigenvalue weighted by Gasteiger charge is 2.13. The van der Waals surface area contributed by atoms with Gasteiger partial charge in [-0.15, -0.1) is 0 Å². The van der Waals surface area contributed by atoms with Crippen molar-refractivity contribution in [2.24, 2.45) is 0 Å². The minimum Gasteiger partial charge on any atom is -0.481 e. The van der Waals surface area contributed by atoms with E-state index in [9.17, 15) is 74.5 Å². The van der Waals surface area contributed by atoms with Crippen molar-refractivity contribution >= 4 is 58.3 Å². The van der Waals surface area contributed by atoms with Crippen LogP contribution in [0.4, 0.5) is 28.4 Å². The van der Waals surface area contributed by atoms with Gasteiger partial charge in [-0.2, -0.15) is 0 Å². The highest BCUT2D eigenvalue weighted by molar-refractivity contribution is 5.74. The molecule has 0 aliphatic carbocycles. The summed E-state index contributed by atoms with van der Waals surface area (Å²) in [6, 6.07) is 27.6. The number of benzene rings is 5. The van der Waals surface area contributed by atoms with Crippen LogP contribution in [0.3, 0.4) is 0 Å². The maximum atomic E-state index is 11.7. The number of carboxylic acid groups (broad SMARTS) is 1. The van der Waals surface area contributed by atoms with E-state index in [0.717, 1.165) is 51.4 Å². The van der Waals surface area contributed by atoms with E-state index in [1.807, 2.05) is 6.92 Å². The summed E-state index contributed by atoms with van der Waals surface area (Å²) in [6.07, 6.45) is 34.6. The number of esters is 4. The molecule has 0 heterocycles. The minimum atomic E-state index is -0.950. The van der Waals surface area contributed by atoms with Crippen LogP contribution < -0.4 is 18.9 Å². The lowest BCUT2D eigenvalue weighted by Crippen LogP contribution is -2.07. The Balaban J connectivity index is 0.000000617. The number of non-ortho nitro benzene ring substituents is 5. The Labute approximate surface area is 568 Å². The lowest BCUT2D eigenvalue weighted by Gasteiger charge is -2.04. The van der Waals surface area contributed by atoms with Crippen molar-refractivity contribution in [3.8, 4) is 23.0 Å². The predicted molar refractivity (Wildman–Crippen MR) is 370 cm³/mol. The van der Waals surface area contributed by atoms with Gasteiger partial charge in [0.25, 0.3) is 28.4 Å². The molecule has 0 saturated heterocycles. The predicted octanol–water partition coefficient (Wildman–Crippen LogP) is 19.8. The van der Waals surface area contributed by atoms with E-state index >= 15 is 0 Å². The topological polar surface area (TPSA) is 358 Å². The normalized spacial score (nSPS) is 10.2. The van der Waals surface area contributed by atoms with Crippen LogP contribution in [0.15, 0.2) is 121 Å². The summed E-state index contributed by atoms with van der Waals surface area (Å²) in [7, 11) is 0. The molecule has 97 heavy (non-hydrogen) atoms. The third kappa shape index (κ3) is 45.5. The second kappa shape index (κ2) is 54.7. The van der Waals surface area contributed by atoms with Crippen LogP contribution in [0.2, 0.25) is 0 Å². The highest BCUT2D eigenvalue weighted by Crippen LogP contribution is 2.23. The molecular formula is C72H99N5O20. The average molecular weight is 1350 g/mol. The van der Waals surface area contributed by atoms with Gasteiger partial charge in [0.15, 0.2) is 0 Å². The molecule has 5 aromatic carbocycles. The van der Waals surface area contributed by atoms with Gasteiger partial charge in [0.1, 0.15) is 23.0 Å². The highest BCUT2D eigenvalue weighted by atomic mass is 16.6. The van der Waals surface area contributed by atoms with E-state index < -0.39 is 30.6 Å². The molecular weight excluding hydrogens is 1250 g/mol. The summed E-state index contributed by atoms with van der Waals surface area (Å²) >= 11 is 0. The Morgan fingerprint density at radius 1 is 0.278 bits per heavy atom. The Hall–Kier alpha value is -9.55. The number of unbranched alkanes of at least 4 members (excludes halogenated alkanes) is 24. The largest absolute Gasteiger partial charge is 0.481 e. The molecule has 0 aliphatic heterocycles. The monoisotopic (exact) mass is 1350 g/mol. The zero-order chi connectivity index (χ0) is 71.9. The van der Waals surface area contributed by atoms with E-state index in [-0.39, 0.29) is 58.7 Å². The maximum absolute atomic E-state index is 11.7. The molecule has 0 radical (unpaired) electrons. The summed E-state index contributed by atoms with van der Waals surface area (Å²) in [5.74, 6) is -0.702. The molecule has 0 spiro atoms. The summed E-state index contributed by atoms with van der Waals surface area (Å²) in [5.41, 5.74) is 0.466. The molecule has 0 saturated carbocycles. The molecule has 25 nitrogen and oxygen atoms in total. The van der Waals surface area contributed by atoms with Crippen LogP contribution >= 0.6 is 0 Å². The molecule has 5 aromatic rings. The third-order valence-electron chi connectivity index (χ3n) is 14.5. The van der Waals surface area contributed by atoms with Crippen molar-refractivity contribution in [2.45, 2.75) is 240 Å². The van der Waals surface area contributed by atoms with E-state index in [2.05, 4.69) is 20.8 Å². The van der Waals surface area contributed by atoms with Crippen LogP contribution in [0, 0.1) is 50.6 Å². The Kier molecular flexibility index (Phi) is 48.2. The van der Waals surface area contributed by atoms with Crippen LogP contribution in [0.25, 0.3) is 0 Å². The summed E-state index contributed by atoms with van der Waals surface area (Å²) in [4.78, 5) is 106. The first kappa shape index (κ1) is 85.5. The van der Waals surface area contributed by atoms with Gasteiger partial charge in [-0.05, 0) is 79.8 Å². The van der Waals surface area contributed by atoms with Gasteiger partial charge in [-0.3, -0.25) is 74.5 Å². The van der Waals surface area contributed by atoms with Crippen LogP contribution in [-0.4, -0.2) is 59.6 Å². The number of rotatable bonds is 43. The number of carbonyl (C=O) groups is 5. The second-order valence-electron chi connectivity index (χ2n) is 22.9. The molecule has 532 valence electrons. The van der Waals surface area contributed by atoms with Crippen molar-refractivity contribution in [2.75, 3.05) is 0 Å². The number of hydrogen-bond donors (Lipinski definition) is 1. The smallest absolute Gasteiger partial charge is 0.311 e. The molecule has 0 unspecified atom stereocenters. The number of aliphatic carboxylic acids is 1. The minimum absolute atomic E-state index is 0.00911. The zero-order valence-electron chi connectivity index (χ0n) is 56.8. The summed E-state index contributed by atoms with van der Waals surface area (Å²) in [6.45, 7) is 8.52. The Morgan fingerprint density at radius 3 is 0.649 bits per heavy atom. The lowest BCUT2D eigenvalue weighted by molar-refractivity contribution is -0.385. The lowest BCUT2D eigenvalue weighted by atomic mass is 10.1. The molecule has 1 N–H and O–H groups in total. The Bertz CT molecular complexity index is 3050. The van der Waals surface area contributed by atoms with Crippen molar-refractivity contribution < 1.29 is 72.6 Å². The second-order valence-corrected chi connectivity index (χ2v) is 22.9. The molecule has 0 aromatic heterocycles. The summed E-state index contributed by atoms with van der Waals surface area (Å²) in [5, 5.41) is 60.6. The molecule has 0 bridgehead atoms. The molecule has 5 rings (SSSR count). The number of nitro benzene ring substituents is 5. The van der Waals surface area contributed by atoms with Crippen LogP contribution in [0.1, 0.15) is 239 Å². The van der Waals surface area contributed by atoms with Crippen LogP contribution in [-0.2, 0) is 30.4 Å². The molecule has 25 heteroatoms. The van der Waals surface area contributed by atoms with Gasteiger partial charge < -0.3 is 24.1 Å². The number of carbonyl (C=O) groups excluding carboxylic acids is 4. The quantitative estimate of drug-likeness (QED) is 0.0124. The maximum Gasteiger partial charge on any atom is 0.311 e. The van der Waals surface area contributed by atoms with Crippen molar-refractivity contribution in [1.82, 2.24) is 0 Å². The fourth-order valence-electron chi connectivity index (χ4n) is 9.13. The molecule has 0 amide bonds. The van der Waals surface area contributed by atoms with Gasteiger partial charge in [0, 0.05) is 86.3 Å². The first-order valence-electron chi connectivity index (χ1n) is 33.9. The summed E-state index contributed by atoms with van der Waals surface area (Å²) < 4.78 is 20.4. The number of nitro groups is 5. The average Bonchev–Trinajstić information content (AvgIpc) is 1.83. The van der Waals surface area contributed by atoms with Gasteiger partial charge >= 0.3 is 29.8 Å². The number of hydrogen-bond acceptors (Lipinski definition) is 19. The van der Waals surface area contributed by atoms with E-state index in [4.69, 9.17) is 24.1 Å². The van der Waals surface area contributed by atoms with E-state index in [1.54, 1.807) is 0 Å². The number of ether oxygens (including phenoxy) is 4. The van der Waals surface area contributed by atoms with Crippen molar-refractivity contribution in [3.63, 3.8) is 0 Å². The van der Waals surface area contributed by atoms with Gasteiger partial charge in [0.2, 0.25) is 0 Å². The molecule has 0 aliphatic rings.